The van der Waals surface area contributed by atoms with Gasteiger partial charge in [-0.15, -0.1) is 0 Å². The zero-order chi connectivity index (χ0) is 12.4. The van der Waals surface area contributed by atoms with Crippen LogP contribution in [0.15, 0.2) is 24.3 Å². The van der Waals surface area contributed by atoms with E-state index in [0.29, 0.717) is 5.69 Å². The van der Waals surface area contributed by atoms with Crippen LogP contribution in [-0.4, -0.2) is 25.5 Å². The van der Waals surface area contributed by atoms with E-state index in [-0.39, 0.29) is 30.7 Å². The van der Waals surface area contributed by atoms with Gasteiger partial charge in [-0.3, -0.25) is 9.59 Å². The first kappa shape index (κ1) is 11.6. The minimum Gasteiger partial charge on any atom is -0.469 e. The smallest absolute Gasteiger partial charge is 0.311 e. The number of carbonyl (C=O) groups excluding carboxylic acids is 2. The second kappa shape index (κ2) is 4.53. The minimum atomic E-state index is -0.433. The number of hydrogen-bond donors (Lipinski definition) is 0. The van der Waals surface area contributed by atoms with Gasteiger partial charge in [-0.05, 0) is 24.3 Å². The lowest BCUT2D eigenvalue weighted by Crippen LogP contribution is -2.26. The fourth-order valence-electron chi connectivity index (χ4n) is 1.90. The van der Waals surface area contributed by atoms with Crippen LogP contribution in [0, 0.1) is 11.7 Å². The Kier molecular flexibility index (Phi) is 3.08. The molecule has 0 bridgehead atoms. The number of benzene rings is 1. The van der Waals surface area contributed by atoms with Gasteiger partial charge in [0.1, 0.15) is 5.82 Å². The van der Waals surface area contributed by atoms with E-state index in [0.717, 1.165) is 0 Å². The normalized spacial score (nSPS) is 19.5. The third-order valence-electron chi connectivity index (χ3n) is 2.80. The molecule has 0 saturated carbocycles. The van der Waals surface area contributed by atoms with Gasteiger partial charge >= 0.3 is 5.97 Å². The van der Waals surface area contributed by atoms with Crippen LogP contribution in [0.4, 0.5) is 10.1 Å². The monoisotopic (exact) mass is 237 g/mol. The van der Waals surface area contributed by atoms with E-state index in [1.165, 1.54) is 36.3 Å². The second-order valence-corrected chi connectivity index (χ2v) is 3.90. The van der Waals surface area contributed by atoms with Crippen LogP contribution in [0.2, 0.25) is 0 Å². The summed E-state index contributed by atoms with van der Waals surface area (Å²) in [4.78, 5) is 24.5. The van der Waals surface area contributed by atoms with Gasteiger partial charge in [0.2, 0.25) is 5.91 Å². The van der Waals surface area contributed by atoms with Crippen LogP contribution in [0.25, 0.3) is 0 Å². The molecule has 5 heteroatoms. The van der Waals surface area contributed by atoms with Gasteiger partial charge in [0.25, 0.3) is 0 Å². The number of anilines is 1. The number of halogens is 1. The minimum absolute atomic E-state index is 0.143. The Bertz CT molecular complexity index is 444. The van der Waals surface area contributed by atoms with E-state index in [2.05, 4.69) is 4.74 Å². The molecule has 1 aliphatic heterocycles. The topological polar surface area (TPSA) is 46.6 Å². The van der Waals surface area contributed by atoms with Gasteiger partial charge in [0, 0.05) is 18.7 Å². The SMILES string of the molecule is COC(=O)[C@@H]1CC(=O)N(c2ccc(F)cc2)C1. The number of ether oxygens (including phenoxy) is 1. The Labute approximate surface area is 98.0 Å². The fourth-order valence-corrected chi connectivity index (χ4v) is 1.90. The quantitative estimate of drug-likeness (QED) is 0.729. The molecule has 1 aromatic rings. The number of nitrogens with zero attached hydrogens (tertiary/aromatic N) is 1. The van der Waals surface area contributed by atoms with Crippen LogP contribution < -0.4 is 4.90 Å². The highest BCUT2D eigenvalue weighted by molar-refractivity contribution is 5.99. The van der Waals surface area contributed by atoms with Crippen LogP contribution in [0.3, 0.4) is 0 Å². The van der Waals surface area contributed by atoms with Crippen molar-refractivity contribution in [1.29, 1.82) is 0 Å². The van der Waals surface area contributed by atoms with Crippen molar-refractivity contribution >= 4 is 17.6 Å². The number of methoxy groups -OCH3 is 1. The predicted octanol–water partition coefficient (Wildman–Crippen LogP) is 1.35. The molecule has 0 spiro atoms. The molecular weight excluding hydrogens is 225 g/mol. The van der Waals surface area contributed by atoms with Crippen LogP contribution in [0.5, 0.6) is 0 Å². The molecule has 90 valence electrons. The highest BCUT2D eigenvalue weighted by atomic mass is 19.1. The maximum absolute atomic E-state index is 12.8. The largest absolute Gasteiger partial charge is 0.469 e. The van der Waals surface area contributed by atoms with Crippen molar-refractivity contribution in [3.05, 3.63) is 30.1 Å². The van der Waals surface area contributed by atoms with E-state index in [1.54, 1.807) is 0 Å². The van der Waals surface area contributed by atoms with Gasteiger partial charge in [-0.25, -0.2) is 4.39 Å². The third-order valence-corrected chi connectivity index (χ3v) is 2.80. The average Bonchev–Trinajstić information content (AvgIpc) is 2.71. The molecule has 1 aromatic carbocycles. The van der Waals surface area contributed by atoms with Crippen LogP contribution in [0.1, 0.15) is 6.42 Å². The standard InChI is InChI=1S/C12H12FNO3/c1-17-12(16)8-6-11(15)14(7-8)10-4-2-9(13)3-5-10/h2-5,8H,6-7H2,1H3/t8-/m1/s1. The molecule has 0 radical (unpaired) electrons. The summed E-state index contributed by atoms with van der Waals surface area (Å²) in [6.45, 7) is 0.289. The maximum Gasteiger partial charge on any atom is 0.311 e. The lowest BCUT2D eigenvalue weighted by Gasteiger charge is -2.16. The summed E-state index contributed by atoms with van der Waals surface area (Å²) in [7, 11) is 1.30. The Balaban J connectivity index is 2.15. The van der Waals surface area contributed by atoms with E-state index < -0.39 is 5.92 Å². The van der Waals surface area contributed by atoms with E-state index >= 15 is 0 Å². The van der Waals surface area contributed by atoms with Crippen molar-refractivity contribution < 1.29 is 18.7 Å². The molecular formula is C12H12FNO3. The van der Waals surface area contributed by atoms with Gasteiger partial charge < -0.3 is 9.64 Å². The summed E-state index contributed by atoms with van der Waals surface area (Å²) >= 11 is 0. The Morgan fingerprint density at radius 1 is 1.41 bits per heavy atom. The first-order chi connectivity index (χ1) is 8.11. The van der Waals surface area contributed by atoms with Crippen molar-refractivity contribution in [2.45, 2.75) is 6.42 Å². The number of amides is 1. The molecule has 0 unspecified atom stereocenters. The summed E-state index contributed by atoms with van der Waals surface area (Å²) in [5.74, 6) is -1.32. The fraction of sp³-hybridized carbons (Fsp3) is 0.333. The zero-order valence-electron chi connectivity index (χ0n) is 9.35. The molecule has 2 rings (SSSR count). The summed E-state index contributed by atoms with van der Waals surface area (Å²) < 4.78 is 17.4. The lowest BCUT2D eigenvalue weighted by atomic mass is 10.1. The average molecular weight is 237 g/mol. The second-order valence-electron chi connectivity index (χ2n) is 3.90. The molecule has 0 aliphatic carbocycles. The van der Waals surface area contributed by atoms with Crippen LogP contribution >= 0.6 is 0 Å². The van der Waals surface area contributed by atoms with Crippen molar-refractivity contribution in [1.82, 2.24) is 0 Å². The van der Waals surface area contributed by atoms with Crippen molar-refractivity contribution in [2.24, 2.45) is 5.92 Å². The molecule has 1 atom stereocenters. The Morgan fingerprint density at radius 2 is 2.06 bits per heavy atom. The van der Waals surface area contributed by atoms with Crippen molar-refractivity contribution in [3.8, 4) is 0 Å². The van der Waals surface area contributed by atoms with E-state index in [9.17, 15) is 14.0 Å². The van der Waals surface area contributed by atoms with Gasteiger partial charge in [-0.2, -0.15) is 0 Å². The summed E-state index contributed by atoms with van der Waals surface area (Å²) in [6, 6.07) is 5.61. The maximum atomic E-state index is 12.8. The van der Waals surface area contributed by atoms with Crippen molar-refractivity contribution in [3.63, 3.8) is 0 Å². The zero-order valence-corrected chi connectivity index (χ0v) is 9.35. The molecule has 1 heterocycles. The van der Waals surface area contributed by atoms with E-state index in [4.69, 9.17) is 0 Å². The Hall–Kier alpha value is -1.91. The molecule has 1 fully saturated rings. The number of hydrogen-bond acceptors (Lipinski definition) is 3. The van der Waals surface area contributed by atoms with Gasteiger partial charge in [0.15, 0.2) is 0 Å². The first-order valence-electron chi connectivity index (χ1n) is 5.25. The van der Waals surface area contributed by atoms with Crippen LogP contribution in [-0.2, 0) is 14.3 Å². The summed E-state index contributed by atoms with van der Waals surface area (Å²) in [6.07, 6.45) is 0.143. The highest BCUT2D eigenvalue weighted by Crippen LogP contribution is 2.25. The van der Waals surface area contributed by atoms with Crippen molar-refractivity contribution in [2.75, 3.05) is 18.6 Å². The molecule has 4 nitrogen and oxygen atoms in total. The first-order valence-corrected chi connectivity index (χ1v) is 5.25. The number of esters is 1. The lowest BCUT2D eigenvalue weighted by molar-refractivity contribution is -0.145. The molecule has 1 amide bonds. The van der Waals surface area contributed by atoms with Gasteiger partial charge in [0.05, 0.1) is 13.0 Å². The molecule has 1 aliphatic rings. The number of rotatable bonds is 2. The Morgan fingerprint density at radius 3 is 2.65 bits per heavy atom. The predicted molar refractivity (Wildman–Crippen MR) is 58.9 cm³/mol. The van der Waals surface area contributed by atoms with Gasteiger partial charge in [-0.1, -0.05) is 0 Å². The summed E-state index contributed by atoms with van der Waals surface area (Å²) in [5.41, 5.74) is 0.600. The number of carbonyl (C=O) groups is 2. The van der Waals surface area contributed by atoms with E-state index in [1.807, 2.05) is 0 Å². The molecule has 0 N–H and O–H groups in total. The molecule has 0 aromatic heterocycles. The molecule has 17 heavy (non-hydrogen) atoms. The third kappa shape index (κ3) is 2.27. The summed E-state index contributed by atoms with van der Waals surface area (Å²) in [5, 5.41) is 0. The highest BCUT2D eigenvalue weighted by Gasteiger charge is 2.35. The molecule has 1 saturated heterocycles.